The first-order valence-electron chi connectivity index (χ1n) is 7.18. The van der Waals surface area contributed by atoms with Gasteiger partial charge in [-0.2, -0.15) is 0 Å². The Morgan fingerprint density at radius 1 is 1.13 bits per heavy atom. The topological polar surface area (TPSA) is 96.9 Å². The third-order valence-corrected chi connectivity index (χ3v) is 2.94. The van der Waals surface area contributed by atoms with Gasteiger partial charge in [-0.05, 0) is 38.5 Å². The fourth-order valence-corrected chi connectivity index (χ4v) is 1.84. The van der Waals surface area contributed by atoms with Gasteiger partial charge in [0.15, 0.2) is 11.5 Å². The van der Waals surface area contributed by atoms with Gasteiger partial charge in [0.1, 0.15) is 0 Å². The number of aliphatic hydroxyl groups is 1. The first-order chi connectivity index (χ1) is 10.7. The number of methoxy groups -OCH3 is 2. The van der Waals surface area contributed by atoms with Crippen LogP contribution in [0.15, 0.2) is 18.2 Å². The van der Waals surface area contributed by atoms with Crippen LogP contribution in [0.3, 0.4) is 0 Å². The minimum Gasteiger partial charge on any atom is -0.493 e. The maximum atomic E-state index is 11.7. The van der Waals surface area contributed by atoms with E-state index in [1.807, 2.05) is 0 Å². The van der Waals surface area contributed by atoms with Gasteiger partial charge in [-0.3, -0.25) is 9.59 Å². The van der Waals surface area contributed by atoms with Crippen molar-refractivity contribution in [1.82, 2.24) is 10.6 Å². The van der Waals surface area contributed by atoms with E-state index in [0.717, 1.165) is 0 Å². The summed E-state index contributed by atoms with van der Waals surface area (Å²) in [6, 6.07) is 4.93. The van der Waals surface area contributed by atoms with E-state index in [0.29, 0.717) is 17.1 Å². The average molecular weight is 324 g/mol. The highest BCUT2D eigenvalue weighted by atomic mass is 16.5. The van der Waals surface area contributed by atoms with Gasteiger partial charge in [-0.25, -0.2) is 0 Å². The molecule has 0 aliphatic heterocycles. The molecule has 7 heteroatoms. The molecular formula is C16H24N2O5. The molecule has 1 aromatic carbocycles. The molecule has 0 aromatic heterocycles. The van der Waals surface area contributed by atoms with E-state index in [-0.39, 0.29) is 6.54 Å². The third kappa shape index (κ3) is 5.78. The lowest BCUT2D eigenvalue weighted by molar-refractivity contribution is -0.140. The molecule has 1 unspecified atom stereocenters. The van der Waals surface area contributed by atoms with Gasteiger partial charge in [0.2, 0.25) is 0 Å². The van der Waals surface area contributed by atoms with E-state index < -0.39 is 23.5 Å². The molecule has 1 aromatic rings. The predicted octanol–water partition coefficient (Wildman–Crippen LogP) is 0.768. The molecule has 0 saturated carbocycles. The number of carbonyl (C=O) groups is 2. The number of benzene rings is 1. The van der Waals surface area contributed by atoms with Crippen LogP contribution < -0.4 is 20.1 Å². The third-order valence-electron chi connectivity index (χ3n) is 2.94. The molecule has 1 atom stereocenters. The number of nitrogens with one attached hydrogen (secondary N) is 2. The minimum absolute atomic E-state index is 0.0914. The first-order valence-corrected chi connectivity index (χ1v) is 7.18. The van der Waals surface area contributed by atoms with E-state index in [1.54, 1.807) is 39.0 Å². The van der Waals surface area contributed by atoms with Gasteiger partial charge < -0.3 is 25.2 Å². The van der Waals surface area contributed by atoms with E-state index in [9.17, 15) is 14.7 Å². The molecule has 0 aliphatic rings. The fourth-order valence-electron chi connectivity index (χ4n) is 1.84. The molecule has 7 nitrogen and oxygen atoms in total. The van der Waals surface area contributed by atoms with Gasteiger partial charge in [-0.15, -0.1) is 0 Å². The van der Waals surface area contributed by atoms with Crippen LogP contribution in [0, 0.1) is 0 Å². The first kappa shape index (κ1) is 18.8. The largest absolute Gasteiger partial charge is 0.493 e. The lowest BCUT2D eigenvalue weighted by Crippen LogP contribution is -2.48. The second-order valence-electron chi connectivity index (χ2n) is 6.04. The molecule has 0 heterocycles. The molecule has 0 aliphatic carbocycles. The van der Waals surface area contributed by atoms with E-state index >= 15 is 0 Å². The molecule has 128 valence electrons. The SMILES string of the molecule is COc1ccc(C(O)CNC(=O)C(=O)NC(C)(C)C)cc1OC. The highest BCUT2D eigenvalue weighted by Crippen LogP contribution is 2.29. The van der Waals surface area contributed by atoms with Crippen LogP contribution in [0.4, 0.5) is 0 Å². The van der Waals surface area contributed by atoms with Crippen LogP contribution in [0.2, 0.25) is 0 Å². The Kier molecular flexibility index (Phi) is 6.38. The van der Waals surface area contributed by atoms with Gasteiger partial charge in [-0.1, -0.05) is 6.07 Å². The van der Waals surface area contributed by atoms with Crippen LogP contribution in [-0.4, -0.2) is 43.2 Å². The van der Waals surface area contributed by atoms with Crippen LogP contribution in [-0.2, 0) is 9.59 Å². The Hall–Kier alpha value is -2.28. The lowest BCUT2D eigenvalue weighted by atomic mass is 10.1. The van der Waals surface area contributed by atoms with Crippen LogP contribution in [0.25, 0.3) is 0 Å². The number of ether oxygens (including phenoxy) is 2. The molecular weight excluding hydrogens is 300 g/mol. The molecule has 3 N–H and O–H groups in total. The van der Waals surface area contributed by atoms with Crippen LogP contribution >= 0.6 is 0 Å². The molecule has 0 spiro atoms. The second-order valence-corrected chi connectivity index (χ2v) is 6.04. The van der Waals surface area contributed by atoms with Gasteiger partial charge >= 0.3 is 11.8 Å². The maximum absolute atomic E-state index is 11.7. The summed E-state index contributed by atoms with van der Waals surface area (Å²) in [6.07, 6.45) is -0.971. The van der Waals surface area contributed by atoms with Crippen molar-refractivity contribution in [2.45, 2.75) is 32.4 Å². The number of hydrogen-bond acceptors (Lipinski definition) is 5. The predicted molar refractivity (Wildman–Crippen MR) is 85.4 cm³/mol. The molecule has 1 rings (SSSR count). The zero-order valence-electron chi connectivity index (χ0n) is 14.1. The zero-order valence-corrected chi connectivity index (χ0v) is 14.1. The lowest BCUT2D eigenvalue weighted by Gasteiger charge is -2.20. The molecule has 0 bridgehead atoms. The van der Waals surface area contributed by atoms with Crippen molar-refractivity contribution in [3.63, 3.8) is 0 Å². The van der Waals surface area contributed by atoms with Crippen molar-refractivity contribution in [2.24, 2.45) is 0 Å². The summed E-state index contributed by atoms with van der Waals surface area (Å²) in [6.45, 7) is 5.23. The van der Waals surface area contributed by atoms with Crippen LogP contribution in [0.1, 0.15) is 32.4 Å². The number of hydrogen-bond donors (Lipinski definition) is 3. The Labute approximate surface area is 136 Å². The normalized spacial score (nSPS) is 12.3. The van der Waals surface area contributed by atoms with Crippen molar-refractivity contribution >= 4 is 11.8 Å². The van der Waals surface area contributed by atoms with Crippen molar-refractivity contribution in [3.8, 4) is 11.5 Å². The van der Waals surface area contributed by atoms with Gasteiger partial charge in [0.05, 0.1) is 20.3 Å². The molecule has 2 amide bonds. The van der Waals surface area contributed by atoms with E-state index in [4.69, 9.17) is 9.47 Å². The number of aliphatic hydroxyl groups excluding tert-OH is 1. The van der Waals surface area contributed by atoms with Crippen molar-refractivity contribution in [1.29, 1.82) is 0 Å². The molecule has 0 saturated heterocycles. The average Bonchev–Trinajstić information content (AvgIpc) is 2.49. The van der Waals surface area contributed by atoms with E-state index in [1.165, 1.54) is 14.2 Å². The van der Waals surface area contributed by atoms with Crippen molar-refractivity contribution < 1.29 is 24.2 Å². The number of rotatable bonds is 5. The summed E-state index contributed by atoms with van der Waals surface area (Å²) in [5.74, 6) is -0.519. The molecule has 0 radical (unpaired) electrons. The standard InChI is InChI=1S/C16H24N2O5/c1-16(2,3)18-15(21)14(20)17-9-11(19)10-6-7-12(22-4)13(8-10)23-5/h6-8,11,19H,9H2,1-5H3,(H,17,20)(H,18,21). The van der Waals surface area contributed by atoms with Crippen molar-refractivity contribution in [2.75, 3.05) is 20.8 Å². The molecule has 0 fully saturated rings. The van der Waals surface area contributed by atoms with Crippen molar-refractivity contribution in [3.05, 3.63) is 23.8 Å². The summed E-state index contributed by atoms with van der Waals surface area (Å²) < 4.78 is 10.3. The highest BCUT2D eigenvalue weighted by molar-refractivity contribution is 6.35. The Morgan fingerprint density at radius 2 is 1.74 bits per heavy atom. The Morgan fingerprint density at radius 3 is 2.26 bits per heavy atom. The quantitative estimate of drug-likeness (QED) is 0.695. The summed E-state index contributed by atoms with van der Waals surface area (Å²) in [5.41, 5.74) is 0.0373. The number of amides is 2. The van der Waals surface area contributed by atoms with Gasteiger partial charge in [0.25, 0.3) is 0 Å². The Bertz CT molecular complexity index is 566. The zero-order chi connectivity index (χ0) is 17.6. The summed E-state index contributed by atoms with van der Waals surface area (Å²) in [7, 11) is 3.01. The monoisotopic (exact) mass is 324 g/mol. The van der Waals surface area contributed by atoms with Crippen LogP contribution in [0.5, 0.6) is 11.5 Å². The molecule has 23 heavy (non-hydrogen) atoms. The second kappa shape index (κ2) is 7.82. The summed E-state index contributed by atoms with van der Waals surface area (Å²) in [5, 5.41) is 15.1. The summed E-state index contributed by atoms with van der Waals surface area (Å²) >= 11 is 0. The maximum Gasteiger partial charge on any atom is 0.309 e. The fraction of sp³-hybridized carbons (Fsp3) is 0.500. The Balaban J connectivity index is 2.65. The smallest absolute Gasteiger partial charge is 0.309 e. The van der Waals surface area contributed by atoms with E-state index in [2.05, 4.69) is 10.6 Å². The summed E-state index contributed by atoms with van der Waals surface area (Å²) in [4.78, 5) is 23.4. The minimum atomic E-state index is -0.971. The highest BCUT2D eigenvalue weighted by Gasteiger charge is 2.21. The van der Waals surface area contributed by atoms with Gasteiger partial charge in [0, 0.05) is 12.1 Å². The number of carbonyl (C=O) groups excluding carboxylic acids is 2.